The van der Waals surface area contributed by atoms with Gasteiger partial charge in [0, 0.05) is 12.6 Å². The fraction of sp³-hybridized carbons (Fsp3) is 0.857. The summed E-state index contributed by atoms with van der Waals surface area (Å²) in [7, 11) is 0. The summed E-state index contributed by atoms with van der Waals surface area (Å²) < 4.78 is 25.5. The first-order valence-electron chi connectivity index (χ1n) is 4.54. The average Bonchev–Trinajstić information content (AvgIpc) is 2.51. The van der Waals surface area contributed by atoms with E-state index in [0.717, 1.165) is 0 Å². The molecule has 1 aromatic rings. The lowest BCUT2D eigenvalue weighted by Crippen LogP contribution is -2.27. The van der Waals surface area contributed by atoms with Crippen molar-refractivity contribution in [3.8, 4) is 0 Å². The first kappa shape index (κ1) is 12.3. The molecule has 1 aromatic heterocycles. The molecule has 0 saturated heterocycles. The van der Waals surface area contributed by atoms with Gasteiger partial charge >= 0.3 is 0 Å². The van der Waals surface area contributed by atoms with Crippen LogP contribution in [0.2, 0.25) is 0 Å². The van der Waals surface area contributed by atoms with E-state index in [1.807, 2.05) is 13.8 Å². The quantitative estimate of drug-likeness (QED) is 0.748. The van der Waals surface area contributed by atoms with Gasteiger partial charge in [-0.05, 0) is 22.2 Å². The molecule has 0 atom stereocenters. The second-order valence-corrected chi connectivity index (χ2v) is 4.13. The van der Waals surface area contributed by atoms with Crippen molar-refractivity contribution >= 4 is 11.8 Å². The summed E-state index contributed by atoms with van der Waals surface area (Å²) in [6.07, 6.45) is 0. The Morgan fingerprint density at radius 3 is 2.80 bits per heavy atom. The van der Waals surface area contributed by atoms with E-state index in [1.165, 1.54) is 4.68 Å². The molecule has 0 aliphatic carbocycles. The summed E-state index contributed by atoms with van der Waals surface area (Å²) in [5.74, 6) is -2.49. The molecule has 0 unspecified atom stereocenters. The molecule has 0 saturated carbocycles. The van der Waals surface area contributed by atoms with Crippen LogP contribution >= 0.6 is 11.8 Å². The standard InChI is InChI=1S/C7H13F2N5S/c1-5(2)10-3-4-14-7(11-12-13-14)15-6(8)9/h5-6,10H,3-4H2,1-2H3. The third-order valence-corrected chi connectivity index (χ3v) is 2.25. The second-order valence-electron chi connectivity index (χ2n) is 3.17. The third-order valence-electron chi connectivity index (χ3n) is 1.57. The largest absolute Gasteiger partial charge is 0.313 e. The molecule has 86 valence electrons. The van der Waals surface area contributed by atoms with Crippen molar-refractivity contribution < 1.29 is 8.78 Å². The van der Waals surface area contributed by atoms with Gasteiger partial charge in [0.05, 0.1) is 6.54 Å². The van der Waals surface area contributed by atoms with Crippen molar-refractivity contribution in [2.24, 2.45) is 0 Å². The fourth-order valence-electron chi connectivity index (χ4n) is 0.960. The number of thioether (sulfide) groups is 1. The molecule has 1 N–H and O–H groups in total. The monoisotopic (exact) mass is 237 g/mol. The zero-order valence-electron chi connectivity index (χ0n) is 8.52. The SMILES string of the molecule is CC(C)NCCn1nnnc1SC(F)F. The van der Waals surface area contributed by atoms with Gasteiger partial charge in [-0.2, -0.15) is 8.78 Å². The molecule has 8 heteroatoms. The van der Waals surface area contributed by atoms with E-state index in [4.69, 9.17) is 0 Å². The molecular formula is C7H13F2N5S. The first-order chi connectivity index (χ1) is 7.09. The topological polar surface area (TPSA) is 55.6 Å². The van der Waals surface area contributed by atoms with Crippen molar-refractivity contribution in [1.82, 2.24) is 25.5 Å². The van der Waals surface area contributed by atoms with Crippen LogP contribution in [0.3, 0.4) is 0 Å². The summed E-state index contributed by atoms with van der Waals surface area (Å²) >= 11 is 0.356. The van der Waals surface area contributed by atoms with Gasteiger partial charge in [-0.3, -0.25) is 0 Å². The Hall–Kier alpha value is -0.760. The number of nitrogens with zero attached hydrogens (tertiary/aromatic N) is 4. The molecule has 0 bridgehead atoms. The van der Waals surface area contributed by atoms with Gasteiger partial charge in [0.15, 0.2) is 0 Å². The average molecular weight is 237 g/mol. The zero-order chi connectivity index (χ0) is 11.3. The van der Waals surface area contributed by atoms with Gasteiger partial charge in [0.2, 0.25) is 5.16 Å². The predicted molar refractivity (Wildman–Crippen MR) is 52.8 cm³/mol. The van der Waals surface area contributed by atoms with Crippen molar-refractivity contribution in [3.63, 3.8) is 0 Å². The highest BCUT2D eigenvalue weighted by Crippen LogP contribution is 2.21. The number of hydrogen-bond donors (Lipinski definition) is 1. The molecule has 1 heterocycles. The molecule has 15 heavy (non-hydrogen) atoms. The van der Waals surface area contributed by atoms with Gasteiger partial charge in [0.1, 0.15) is 0 Å². The molecule has 0 spiro atoms. The zero-order valence-corrected chi connectivity index (χ0v) is 9.34. The first-order valence-corrected chi connectivity index (χ1v) is 5.42. The molecule has 0 aromatic carbocycles. The normalized spacial score (nSPS) is 11.6. The van der Waals surface area contributed by atoms with Crippen LogP contribution in [-0.2, 0) is 6.54 Å². The molecule has 0 aliphatic heterocycles. The lowest BCUT2D eigenvalue weighted by atomic mass is 10.4. The highest BCUT2D eigenvalue weighted by atomic mass is 32.2. The summed E-state index contributed by atoms with van der Waals surface area (Å²) in [6, 6.07) is 0.354. The molecule has 0 amide bonds. The van der Waals surface area contributed by atoms with Crippen LogP contribution in [0.25, 0.3) is 0 Å². The highest BCUT2D eigenvalue weighted by molar-refractivity contribution is 7.99. The van der Waals surface area contributed by atoms with E-state index in [9.17, 15) is 8.78 Å². The molecule has 1 rings (SSSR count). The molecule has 5 nitrogen and oxygen atoms in total. The second kappa shape index (κ2) is 5.96. The Morgan fingerprint density at radius 2 is 2.20 bits per heavy atom. The molecular weight excluding hydrogens is 224 g/mol. The number of rotatable bonds is 6. The van der Waals surface area contributed by atoms with Crippen molar-refractivity contribution in [2.75, 3.05) is 6.54 Å². The maximum Gasteiger partial charge on any atom is 0.291 e. The Bertz CT molecular complexity index is 291. The molecule has 0 aliphatic rings. The van der Waals surface area contributed by atoms with E-state index in [2.05, 4.69) is 20.8 Å². The Morgan fingerprint density at radius 1 is 1.47 bits per heavy atom. The maximum atomic E-state index is 12.1. The summed E-state index contributed by atoms with van der Waals surface area (Å²) in [5, 5.41) is 13.8. The van der Waals surface area contributed by atoms with Crippen molar-refractivity contribution in [1.29, 1.82) is 0 Å². The van der Waals surface area contributed by atoms with Crippen molar-refractivity contribution in [3.05, 3.63) is 0 Å². The lowest BCUT2D eigenvalue weighted by Gasteiger charge is -2.08. The summed E-state index contributed by atoms with van der Waals surface area (Å²) in [6.45, 7) is 5.16. The number of alkyl halides is 2. The van der Waals surface area contributed by atoms with E-state index in [1.54, 1.807) is 0 Å². The molecule has 0 fully saturated rings. The lowest BCUT2D eigenvalue weighted by molar-refractivity contribution is 0.251. The van der Waals surface area contributed by atoms with Gasteiger partial charge in [-0.25, -0.2) is 4.68 Å². The van der Waals surface area contributed by atoms with Crippen LogP contribution in [0.15, 0.2) is 5.16 Å². The van der Waals surface area contributed by atoms with E-state index in [-0.39, 0.29) is 5.16 Å². The molecule has 0 radical (unpaired) electrons. The summed E-state index contributed by atoms with van der Waals surface area (Å²) in [4.78, 5) is 0. The smallest absolute Gasteiger partial charge is 0.291 e. The fourth-order valence-corrected chi connectivity index (χ4v) is 1.45. The maximum absolute atomic E-state index is 12.1. The van der Waals surface area contributed by atoms with E-state index < -0.39 is 5.76 Å². The third kappa shape index (κ3) is 4.52. The Balaban J connectivity index is 2.43. The van der Waals surface area contributed by atoms with Crippen molar-refractivity contribution in [2.45, 2.75) is 37.3 Å². The van der Waals surface area contributed by atoms with E-state index >= 15 is 0 Å². The summed E-state index contributed by atoms with van der Waals surface area (Å²) in [5.41, 5.74) is 0. The van der Waals surface area contributed by atoms with Crippen LogP contribution in [0.4, 0.5) is 8.78 Å². The van der Waals surface area contributed by atoms with Gasteiger partial charge < -0.3 is 5.32 Å². The van der Waals surface area contributed by atoms with Crippen LogP contribution in [0, 0.1) is 0 Å². The van der Waals surface area contributed by atoms with Gasteiger partial charge in [-0.1, -0.05) is 13.8 Å². The number of aromatic nitrogens is 4. The predicted octanol–water partition coefficient (Wildman–Crippen LogP) is 0.986. The minimum absolute atomic E-state index is 0.149. The highest BCUT2D eigenvalue weighted by Gasteiger charge is 2.12. The van der Waals surface area contributed by atoms with Crippen LogP contribution < -0.4 is 5.32 Å². The van der Waals surface area contributed by atoms with Gasteiger partial charge in [-0.15, -0.1) is 5.10 Å². The van der Waals surface area contributed by atoms with Crippen LogP contribution in [-0.4, -0.2) is 38.6 Å². The minimum atomic E-state index is -2.49. The van der Waals surface area contributed by atoms with Crippen LogP contribution in [0.5, 0.6) is 0 Å². The number of tetrazole rings is 1. The van der Waals surface area contributed by atoms with Gasteiger partial charge in [0.25, 0.3) is 5.76 Å². The number of nitrogens with one attached hydrogen (secondary N) is 1. The number of halogens is 2. The van der Waals surface area contributed by atoms with Crippen LogP contribution in [0.1, 0.15) is 13.8 Å². The minimum Gasteiger partial charge on any atom is -0.313 e. The number of hydrogen-bond acceptors (Lipinski definition) is 5. The Labute approximate surface area is 90.6 Å². The Kier molecular flexibility index (Phi) is 4.89. The van der Waals surface area contributed by atoms with E-state index in [0.29, 0.717) is 30.9 Å².